The fourth-order valence-corrected chi connectivity index (χ4v) is 2.04. The molecule has 1 atom stereocenters. The first-order valence-electron chi connectivity index (χ1n) is 5.66. The highest BCUT2D eigenvalue weighted by molar-refractivity contribution is 5.42. The molecule has 0 heterocycles. The molecule has 0 aliphatic heterocycles. The zero-order valence-corrected chi connectivity index (χ0v) is 9.35. The first kappa shape index (κ1) is 11.1. The van der Waals surface area contributed by atoms with Crippen LogP contribution in [0.25, 0.3) is 0 Å². The Morgan fingerprint density at radius 3 is 2.75 bits per heavy atom. The Balaban J connectivity index is 2.37. The molecule has 16 heavy (non-hydrogen) atoms. The summed E-state index contributed by atoms with van der Waals surface area (Å²) in [5.74, 6) is 0.521. The van der Waals surface area contributed by atoms with Gasteiger partial charge in [-0.15, -0.1) is 0 Å². The van der Waals surface area contributed by atoms with E-state index >= 15 is 0 Å². The number of nitrogens with two attached hydrogens (primary N) is 1. The van der Waals surface area contributed by atoms with Gasteiger partial charge in [-0.05, 0) is 36.3 Å². The van der Waals surface area contributed by atoms with Crippen LogP contribution in [0.15, 0.2) is 18.2 Å². The summed E-state index contributed by atoms with van der Waals surface area (Å²) in [6.07, 6.45) is 3.16. The fraction of sp³-hybridized carbons (Fsp3) is 0.500. The predicted molar refractivity (Wildman–Crippen MR) is 62.1 cm³/mol. The van der Waals surface area contributed by atoms with Crippen LogP contribution in [-0.4, -0.2) is 4.92 Å². The van der Waals surface area contributed by atoms with Crippen LogP contribution in [0.5, 0.6) is 0 Å². The Kier molecular flexibility index (Phi) is 2.92. The minimum atomic E-state index is -0.359. The lowest BCUT2D eigenvalue weighted by Gasteiger charge is -2.14. The van der Waals surface area contributed by atoms with Gasteiger partial charge in [-0.25, -0.2) is 0 Å². The second-order valence-electron chi connectivity index (χ2n) is 4.36. The lowest BCUT2D eigenvalue weighted by molar-refractivity contribution is -0.384. The second-order valence-corrected chi connectivity index (χ2v) is 4.36. The molecule has 1 fully saturated rings. The van der Waals surface area contributed by atoms with Crippen LogP contribution >= 0.6 is 0 Å². The van der Waals surface area contributed by atoms with E-state index in [9.17, 15) is 10.1 Å². The molecular weight excluding hydrogens is 204 g/mol. The van der Waals surface area contributed by atoms with E-state index in [1.165, 1.54) is 0 Å². The van der Waals surface area contributed by atoms with Gasteiger partial charge in [0, 0.05) is 18.2 Å². The van der Waals surface area contributed by atoms with Gasteiger partial charge in [0.2, 0.25) is 0 Å². The van der Waals surface area contributed by atoms with Gasteiger partial charge >= 0.3 is 0 Å². The molecule has 86 valence electrons. The zero-order valence-electron chi connectivity index (χ0n) is 9.35. The molecule has 0 saturated heterocycles. The highest BCUT2D eigenvalue weighted by Crippen LogP contribution is 2.41. The SMILES string of the molecule is CCc1ccc([N+](=O)[O-])cc1C(N)C1CC1. The van der Waals surface area contributed by atoms with E-state index in [1.54, 1.807) is 12.1 Å². The van der Waals surface area contributed by atoms with Crippen molar-refractivity contribution in [3.63, 3.8) is 0 Å². The fourth-order valence-electron chi connectivity index (χ4n) is 2.04. The summed E-state index contributed by atoms with van der Waals surface area (Å²) >= 11 is 0. The van der Waals surface area contributed by atoms with Gasteiger partial charge in [0.05, 0.1) is 4.92 Å². The first-order valence-corrected chi connectivity index (χ1v) is 5.66. The van der Waals surface area contributed by atoms with Gasteiger partial charge in [0.25, 0.3) is 5.69 Å². The molecule has 2 N–H and O–H groups in total. The number of non-ortho nitro benzene ring substituents is 1. The van der Waals surface area contributed by atoms with Crippen molar-refractivity contribution in [3.8, 4) is 0 Å². The predicted octanol–water partition coefficient (Wildman–Crippen LogP) is 2.57. The number of hydrogen-bond acceptors (Lipinski definition) is 3. The first-order chi connectivity index (χ1) is 7.63. The van der Waals surface area contributed by atoms with E-state index in [2.05, 4.69) is 0 Å². The lowest BCUT2D eigenvalue weighted by Crippen LogP contribution is -2.14. The van der Waals surface area contributed by atoms with Crippen LogP contribution in [0, 0.1) is 16.0 Å². The molecule has 0 radical (unpaired) electrons. The quantitative estimate of drug-likeness (QED) is 0.626. The Morgan fingerprint density at radius 1 is 1.56 bits per heavy atom. The third-order valence-corrected chi connectivity index (χ3v) is 3.21. The standard InChI is InChI=1S/C12H16N2O2/c1-2-8-5-6-10(14(15)16)7-11(8)12(13)9-3-4-9/h5-7,9,12H,2-4,13H2,1H3. The van der Waals surface area contributed by atoms with Crippen LogP contribution in [0.3, 0.4) is 0 Å². The van der Waals surface area contributed by atoms with Gasteiger partial charge in [0.1, 0.15) is 0 Å². The Labute approximate surface area is 94.6 Å². The minimum Gasteiger partial charge on any atom is -0.324 e. The average Bonchev–Trinajstić information content (AvgIpc) is 3.11. The average molecular weight is 220 g/mol. The van der Waals surface area contributed by atoms with E-state index in [0.717, 1.165) is 30.4 Å². The summed E-state index contributed by atoms with van der Waals surface area (Å²) in [5.41, 5.74) is 8.35. The monoisotopic (exact) mass is 220 g/mol. The maximum absolute atomic E-state index is 10.7. The number of benzene rings is 1. The lowest BCUT2D eigenvalue weighted by atomic mass is 9.95. The highest BCUT2D eigenvalue weighted by atomic mass is 16.6. The van der Waals surface area contributed by atoms with Crippen LogP contribution in [0.2, 0.25) is 0 Å². The number of nitro benzene ring substituents is 1. The smallest absolute Gasteiger partial charge is 0.269 e. The molecule has 1 aliphatic carbocycles. The number of hydrogen-bond donors (Lipinski definition) is 1. The number of nitro groups is 1. The molecule has 4 nitrogen and oxygen atoms in total. The van der Waals surface area contributed by atoms with E-state index < -0.39 is 0 Å². The molecule has 1 aromatic rings. The molecule has 0 bridgehead atoms. The Hall–Kier alpha value is -1.42. The second kappa shape index (κ2) is 4.22. The van der Waals surface area contributed by atoms with E-state index in [0.29, 0.717) is 5.92 Å². The maximum Gasteiger partial charge on any atom is 0.269 e. The number of rotatable bonds is 4. The maximum atomic E-state index is 10.7. The number of nitrogens with zero attached hydrogens (tertiary/aromatic N) is 1. The molecule has 4 heteroatoms. The summed E-state index contributed by atoms with van der Waals surface area (Å²) < 4.78 is 0. The summed E-state index contributed by atoms with van der Waals surface area (Å²) in [7, 11) is 0. The van der Waals surface area contributed by atoms with Crippen molar-refractivity contribution in [2.45, 2.75) is 32.2 Å². The van der Waals surface area contributed by atoms with Gasteiger partial charge in [-0.1, -0.05) is 13.0 Å². The minimum absolute atomic E-state index is 0.0325. The van der Waals surface area contributed by atoms with Crippen molar-refractivity contribution in [2.24, 2.45) is 11.7 Å². The van der Waals surface area contributed by atoms with Crippen LogP contribution < -0.4 is 5.73 Å². The molecule has 1 aromatic carbocycles. The van der Waals surface area contributed by atoms with Crippen LogP contribution in [0.4, 0.5) is 5.69 Å². The molecular formula is C12H16N2O2. The van der Waals surface area contributed by atoms with E-state index in [1.807, 2.05) is 13.0 Å². The van der Waals surface area contributed by atoms with E-state index in [-0.39, 0.29) is 16.7 Å². The van der Waals surface area contributed by atoms with Gasteiger partial charge < -0.3 is 5.73 Å². The highest BCUT2D eigenvalue weighted by Gasteiger charge is 2.31. The largest absolute Gasteiger partial charge is 0.324 e. The Bertz CT molecular complexity index is 413. The zero-order chi connectivity index (χ0) is 11.7. The number of aryl methyl sites for hydroxylation is 1. The van der Waals surface area contributed by atoms with Crippen LogP contribution in [-0.2, 0) is 6.42 Å². The van der Waals surface area contributed by atoms with Crippen molar-refractivity contribution in [1.29, 1.82) is 0 Å². The van der Waals surface area contributed by atoms with Crippen molar-refractivity contribution < 1.29 is 4.92 Å². The molecule has 1 aliphatic rings. The van der Waals surface area contributed by atoms with Crippen molar-refractivity contribution >= 4 is 5.69 Å². The summed E-state index contributed by atoms with van der Waals surface area (Å²) in [4.78, 5) is 10.4. The summed E-state index contributed by atoms with van der Waals surface area (Å²) in [5, 5.41) is 10.7. The van der Waals surface area contributed by atoms with E-state index in [4.69, 9.17) is 5.73 Å². The van der Waals surface area contributed by atoms with Crippen LogP contribution in [0.1, 0.15) is 36.9 Å². The third-order valence-electron chi connectivity index (χ3n) is 3.21. The van der Waals surface area contributed by atoms with Gasteiger partial charge in [0.15, 0.2) is 0 Å². The molecule has 1 saturated carbocycles. The van der Waals surface area contributed by atoms with Gasteiger partial charge in [-0.2, -0.15) is 0 Å². The summed E-state index contributed by atoms with van der Waals surface area (Å²) in [6, 6.07) is 4.99. The van der Waals surface area contributed by atoms with Crippen molar-refractivity contribution in [2.75, 3.05) is 0 Å². The Morgan fingerprint density at radius 2 is 2.25 bits per heavy atom. The molecule has 1 unspecified atom stereocenters. The molecule has 0 spiro atoms. The van der Waals surface area contributed by atoms with Crippen molar-refractivity contribution in [3.05, 3.63) is 39.4 Å². The summed E-state index contributed by atoms with van der Waals surface area (Å²) in [6.45, 7) is 2.05. The topological polar surface area (TPSA) is 69.2 Å². The van der Waals surface area contributed by atoms with Gasteiger partial charge in [-0.3, -0.25) is 10.1 Å². The molecule has 2 rings (SSSR count). The normalized spacial score (nSPS) is 17.1. The van der Waals surface area contributed by atoms with Crippen molar-refractivity contribution in [1.82, 2.24) is 0 Å². The third kappa shape index (κ3) is 2.07. The molecule has 0 aromatic heterocycles. The molecule has 0 amide bonds.